The minimum Gasteiger partial charge on any atom is -0.486 e. The molecule has 0 radical (unpaired) electrons. The van der Waals surface area contributed by atoms with Gasteiger partial charge in [-0.15, -0.1) is 0 Å². The predicted molar refractivity (Wildman–Crippen MR) is 52.7 cm³/mol. The van der Waals surface area contributed by atoms with E-state index >= 15 is 0 Å². The van der Waals surface area contributed by atoms with Crippen molar-refractivity contribution in [2.75, 3.05) is 20.3 Å². The van der Waals surface area contributed by atoms with Crippen LogP contribution in [0.25, 0.3) is 0 Å². The summed E-state index contributed by atoms with van der Waals surface area (Å²) >= 11 is 0. The maximum atomic E-state index is 5.58. The Morgan fingerprint density at radius 1 is 1.64 bits per heavy atom. The standard InChI is InChI=1S/C10H14N2O2/c1-13-10-9(3-2-5-12-10)14-7-8-4-6-11-8/h2-3,5,8,11H,4,6-7H2,1H3/t8-/m0/s1. The Kier molecular flexibility index (Phi) is 2.84. The van der Waals surface area contributed by atoms with E-state index in [9.17, 15) is 0 Å². The molecule has 1 aromatic rings. The first-order valence-electron chi connectivity index (χ1n) is 4.75. The summed E-state index contributed by atoms with van der Waals surface area (Å²) in [4.78, 5) is 4.05. The van der Waals surface area contributed by atoms with Gasteiger partial charge in [-0.25, -0.2) is 4.98 Å². The van der Waals surface area contributed by atoms with E-state index < -0.39 is 0 Å². The molecule has 0 unspecified atom stereocenters. The number of aromatic nitrogens is 1. The highest BCUT2D eigenvalue weighted by Gasteiger charge is 2.17. The number of ether oxygens (including phenoxy) is 2. The molecular weight excluding hydrogens is 180 g/mol. The summed E-state index contributed by atoms with van der Waals surface area (Å²) < 4.78 is 10.7. The van der Waals surface area contributed by atoms with E-state index in [1.807, 2.05) is 12.1 Å². The molecule has 1 aliphatic rings. The van der Waals surface area contributed by atoms with E-state index in [0.29, 0.717) is 24.3 Å². The monoisotopic (exact) mass is 194 g/mol. The molecule has 0 aromatic carbocycles. The van der Waals surface area contributed by atoms with Gasteiger partial charge in [-0.1, -0.05) is 0 Å². The van der Waals surface area contributed by atoms with Gasteiger partial charge in [-0.05, 0) is 25.1 Å². The Morgan fingerprint density at radius 2 is 2.50 bits per heavy atom. The normalized spacial score (nSPS) is 19.9. The fourth-order valence-electron chi connectivity index (χ4n) is 1.32. The van der Waals surface area contributed by atoms with Crippen LogP contribution in [-0.4, -0.2) is 31.3 Å². The minimum atomic E-state index is 0.486. The van der Waals surface area contributed by atoms with Crippen LogP contribution in [0.15, 0.2) is 18.3 Å². The van der Waals surface area contributed by atoms with Gasteiger partial charge in [0, 0.05) is 12.2 Å². The van der Waals surface area contributed by atoms with Gasteiger partial charge in [0.25, 0.3) is 5.88 Å². The fraction of sp³-hybridized carbons (Fsp3) is 0.500. The maximum Gasteiger partial charge on any atom is 0.256 e. The Balaban J connectivity index is 1.93. The quantitative estimate of drug-likeness (QED) is 0.771. The number of methoxy groups -OCH3 is 1. The summed E-state index contributed by atoms with van der Waals surface area (Å²) in [6.45, 7) is 1.78. The molecule has 4 heteroatoms. The molecule has 0 spiro atoms. The molecular formula is C10H14N2O2. The molecule has 1 saturated heterocycles. The van der Waals surface area contributed by atoms with Gasteiger partial charge in [0.15, 0.2) is 5.75 Å². The van der Waals surface area contributed by atoms with Crippen molar-refractivity contribution in [3.05, 3.63) is 18.3 Å². The van der Waals surface area contributed by atoms with Crippen LogP contribution in [0.2, 0.25) is 0 Å². The van der Waals surface area contributed by atoms with Crippen LogP contribution in [0.5, 0.6) is 11.6 Å². The summed E-state index contributed by atoms with van der Waals surface area (Å²) in [6.07, 6.45) is 2.87. The van der Waals surface area contributed by atoms with E-state index in [0.717, 1.165) is 6.54 Å². The number of nitrogens with zero attached hydrogens (tertiary/aromatic N) is 1. The van der Waals surface area contributed by atoms with E-state index in [2.05, 4.69) is 10.3 Å². The number of hydrogen-bond donors (Lipinski definition) is 1. The maximum absolute atomic E-state index is 5.58. The van der Waals surface area contributed by atoms with Crippen LogP contribution in [0.3, 0.4) is 0 Å². The van der Waals surface area contributed by atoms with Crippen LogP contribution in [0.4, 0.5) is 0 Å². The first-order valence-corrected chi connectivity index (χ1v) is 4.75. The number of pyridine rings is 1. The Bertz CT molecular complexity index is 300. The molecule has 14 heavy (non-hydrogen) atoms. The van der Waals surface area contributed by atoms with Crippen molar-refractivity contribution in [3.8, 4) is 11.6 Å². The Morgan fingerprint density at radius 3 is 3.14 bits per heavy atom. The second kappa shape index (κ2) is 4.28. The third kappa shape index (κ3) is 1.96. The van der Waals surface area contributed by atoms with Gasteiger partial charge in [-0.3, -0.25) is 0 Å². The molecule has 2 rings (SSSR count). The van der Waals surface area contributed by atoms with E-state index in [4.69, 9.17) is 9.47 Å². The lowest BCUT2D eigenvalue weighted by Crippen LogP contribution is -2.46. The van der Waals surface area contributed by atoms with Crippen LogP contribution in [0.1, 0.15) is 6.42 Å². The zero-order valence-corrected chi connectivity index (χ0v) is 8.19. The van der Waals surface area contributed by atoms with Crippen LogP contribution >= 0.6 is 0 Å². The smallest absolute Gasteiger partial charge is 0.256 e. The number of nitrogens with one attached hydrogen (secondary N) is 1. The first kappa shape index (κ1) is 9.27. The minimum absolute atomic E-state index is 0.486. The molecule has 0 saturated carbocycles. The van der Waals surface area contributed by atoms with E-state index in [-0.39, 0.29) is 0 Å². The van der Waals surface area contributed by atoms with Gasteiger partial charge in [0.2, 0.25) is 0 Å². The molecule has 2 heterocycles. The molecule has 1 atom stereocenters. The first-order chi connectivity index (χ1) is 6.90. The van der Waals surface area contributed by atoms with E-state index in [1.54, 1.807) is 13.3 Å². The second-order valence-electron chi connectivity index (χ2n) is 3.26. The number of hydrogen-bond acceptors (Lipinski definition) is 4. The van der Waals surface area contributed by atoms with Gasteiger partial charge in [0.1, 0.15) is 6.61 Å². The summed E-state index contributed by atoms with van der Waals surface area (Å²) in [6, 6.07) is 4.19. The van der Waals surface area contributed by atoms with Crippen molar-refractivity contribution < 1.29 is 9.47 Å². The number of rotatable bonds is 4. The molecule has 76 valence electrons. The Hall–Kier alpha value is -1.29. The average molecular weight is 194 g/mol. The van der Waals surface area contributed by atoms with Crippen molar-refractivity contribution in [1.82, 2.24) is 10.3 Å². The highest BCUT2D eigenvalue weighted by atomic mass is 16.5. The average Bonchev–Trinajstić information content (AvgIpc) is 2.16. The summed E-state index contributed by atoms with van der Waals surface area (Å²) in [5.41, 5.74) is 0. The molecule has 0 amide bonds. The predicted octanol–water partition coefficient (Wildman–Crippen LogP) is 0.831. The van der Waals surface area contributed by atoms with Gasteiger partial charge >= 0.3 is 0 Å². The molecule has 0 aliphatic carbocycles. The highest BCUT2D eigenvalue weighted by Crippen LogP contribution is 2.23. The molecule has 1 aliphatic heterocycles. The van der Waals surface area contributed by atoms with Gasteiger partial charge < -0.3 is 14.8 Å². The SMILES string of the molecule is COc1ncccc1OC[C@@H]1CCN1. The van der Waals surface area contributed by atoms with Gasteiger partial charge in [-0.2, -0.15) is 0 Å². The third-order valence-corrected chi connectivity index (χ3v) is 2.30. The third-order valence-electron chi connectivity index (χ3n) is 2.30. The molecule has 1 aromatic heterocycles. The summed E-state index contributed by atoms with van der Waals surface area (Å²) in [7, 11) is 1.59. The molecule has 0 bridgehead atoms. The largest absolute Gasteiger partial charge is 0.486 e. The van der Waals surface area contributed by atoms with Crippen molar-refractivity contribution in [2.24, 2.45) is 0 Å². The molecule has 4 nitrogen and oxygen atoms in total. The topological polar surface area (TPSA) is 43.4 Å². The second-order valence-corrected chi connectivity index (χ2v) is 3.26. The van der Waals surface area contributed by atoms with Crippen molar-refractivity contribution in [3.63, 3.8) is 0 Å². The Labute approximate surface area is 83.2 Å². The van der Waals surface area contributed by atoms with E-state index in [1.165, 1.54) is 6.42 Å². The molecule has 1 fully saturated rings. The fourth-order valence-corrected chi connectivity index (χ4v) is 1.32. The van der Waals surface area contributed by atoms with Crippen molar-refractivity contribution in [1.29, 1.82) is 0 Å². The summed E-state index contributed by atoms with van der Waals surface area (Å²) in [5.74, 6) is 1.26. The van der Waals surface area contributed by atoms with Crippen LogP contribution < -0.4 is 14.8 Å². The van der Waals surface area contributed by atoms with Crippen molar-refractivity contribution >= 4 is 0 Å². The lowest BCUT2D eigenvalue weighted by Gasteiger charge is -2.27. The lowest BCUT2D eigenvalue weighted by molar-refractivity contribution is 0.209. The van der Waals surface area contributed by atoms with Crippen molar-refractivity contribution in [2.45, 2.75) is 12.5 Å². The van der Waals surface area contributed by atoms with Crippen LogP contribution in [-0.2, 0) is 0 Å². The zero-order chi connectivity index (χ0) is 9.80. The lowest BCUT2D eigenvalue weighted by atomic mass is 10.1. The molecule has 1 N–H and O–H groups in total. The summed E-state index contributed by atoms with van der Waals surface area (Å²) in [5, 5.41) is 3.27. The highest BCUT2D eigenvalue weighted by molar-refractivity contribution is 5.32. The zero-order valence-electron chi connectivity index (χ0n) is 8.19. The van der Waals surface area contributed by atoms with Crippen LogP contribution in [0, 0.1) is 0 Å². The van der Waals surface area contributed by atoms with Gasteiger partial charge in [0.05, 0.1) is 7.11 Å².